The van der Waals surface area contributed by atoms with E-state index < -0.39 is 15.6 Å². The smallest absolute Gasteiger partial charge is 0.220 e. The molecule has 1 saturated heterocycles. The van der Waals surface area contributed by atoms with Crippen molar-refractivity contribution in [1.29, 1.82) is 0 Å². The quantitative estimate of drug-likeness (QED) is 0.751. The molecule has 1 aromatic heterocycles. The monoisotopic (exact) mass is 380 g/mol. The molecule has 1 aliphatic rings. The fourth-order valence-electron chi connectivity index (χ4n) is 2.71. The second-order valence-corrected chi connectivity index (χ2v) is 8.25. The van der Waals surface area contributed by atoms with Crippen molar-refractivity contribution < 1.29 is 27.8 Å². The van der Waals surface area contributed by atoms with E-state index in [4.69, 9.17) is 9.47 Å². The number of ether oxygens (including phenoxy) is 2. The van der Waals surface area contributed by atoms with Crippen LogP contribution in [0.15, 0.2) is 23.2 Å². The van der Waals surface area contributed by atoms with E-state index in [0.717, 1.165) is 12.7 Å². The Bertz CT molecular complexity index is 960. The summed E-state index contributed by atoms with van der Waals surface area (Å²) in [5.74, 6) is -0.581. The molecular weight excluding hydrogens is 360 g/mol. The van der Waals surface area contributed by atoms with E-state index in [9.17, 15) is 18.3 Å². The summed E-state index contributed by atoms with van der Waals surface area (Å²) in [6.45, 7) is 2.48. The van der Waals surface area contributed by atoms with Gasteiger partial charge in [-0.2, -0.15) is 5.10 Å². The van der Waals surface area contributed by atoms with E-state index in [1.165, 1.54) is 30.1 Å². The Hall–Kier alpha value is -2.39. The van der Waals surface area contributed by atoms with Gasteiger partial charge in [-0.15, -0.1) is 0 Å². The van der Waals surface area contributed by atoms with Crippen LogP contribution in [0.25, 0.3) is 0 Å². The van der Waals surface area contributed by atoms with Crippen LogP contribution < -0.4 is 4.74 Å². The highest BCUT2D eigenvalue weighted by molar-refractivity contribution is 7.90. The van der Waals surface area contributed by atoms with Crippen LogP contribution in [0.2, 0.25) is 0 Å². The largest absolute Gasteiger partial charge is 0.493 e. The fraction of sp³-hybridized carbons (Fsp3) is 0.412. The predicted molar refractivity (Wildman–Crippen MR) is 92.4 cm³/mol. The molecule has 1 fully saturated rings. The number of aromatic nitrogens is 2. The summed E-state index contributed by atoms with van der Waals surface area (Å²) in [5, 5.41) is 13.8. The number of carbonyl (C=O) groups is 1. The highest BCUT2D eigenvalue weighted by atomic mass is 32.2. The van der Waals surface area contributed by atoms with Gasteiger partial charge in [-0.3, -0.25) is 4.79 Å². The summed E-state index contributed by atoms with van der Waals surface area (Å²) in [6.07, 6.45) is 3.12. The second-order valence-electron chi connectivity index (χ2n) is 6.26. The van der Waals surface area contributed by atoms with Crippen LogP contribution in [0, 0.1) is 6.92 Å². The van der Waals surface area contributed by atoms with Gasteiger partial charge in [0.15, 0.2) is 15.6 Å². The van der Waals surface area contributed by atoms with E-state index in [1.54, 1.807) is 6.92 Å². The van der Waals surface area contributed by atoms with E-state index in [0.29, 0.717) is 12.2 Å². The molecule has 1 N–H and O–H groups in total. The number of sulfone groups is 1. The highest BCUT2D eigenvalue weighted by Crippen LogP contribution is 2.33. The summed E-state index contributed by atoms with van der Waals surface area (Å²) in [7, 11) is -2.03. The zero-order valence-electron chi connectivity index (χ0n) is 14.7. The molecule has 3 rings (SSSR count). The number of aryl methyl sites for hydroxylation is 1. The Morgan fingerprint density at radius 2 is 2.12 bits per heavy atom. The lowest BCUT2D eigenvalue weighted by Crippen LogP contribution is -2.33. The minimum Gasteiger partial charge on any atom is -0.493 e. The normalized spacial score (nSPS) is 17.0. The van der Waals surface area contributed by atoms with Gasteiger partial charge < -0.3 is 14.6 Å². The lowest BCUT2D eigenvalue weighted by molar-refractivity contribution is -0.0725. The number of aromatic hydroxyl groups is 1. The molecule has 0 amide bonds. The van der Waals surface area contributed by atoms with Crippen LogP contribution in [0.4, 0.5) is 0 Å². The molecule has 0 bridgehead atoms. The molecule has 0 radical (unpaired) electrons. The van der Waals surface area contributed by atoms with Crippen molar-refractivity contribution in [2.45, 2.75) is 24.3 Å². The summed E-state index contributed by atoms with van der Waals surface area (Å²) in [4.78, 5) is 12.8. The number of rotatable bonds is 6. The van der Waals surface area contributed by atoms with E-state index in [1.807, 2.05) is 0 Å². The van der Waals surface area contributed by atoms with Crippen LogP contribution in [0.3, 0.4) is 0 Å². The summed E-state index contributed by atoms with van der Waals surface area (Å²) >= 11 is 0. The molecule has 1 atom stereocenters. The zero-order chi connectivity index (χ0) is 19.1. The maximum atomic E-state index is 12.8. The average Bonchev–Trinajstić information content (AvgIpc) is 2.85. The van der Waals surface area contributed by atoms with Crippen molar-refractivity contribution in [2.24, 2.45) is 7.05 Å². The fourth-order valence-corrected chi connectivity index (χ4v) is 3.58. The molecule has 1 aliphatic heterocycles. The van der Waals surface area contributed by atoms with Gasteiger partial charge in [-0.25, -0.2) is 13.1 Å². The number of carbonyl (C=O) groups excluding carboxylic acids is 1. The molecule has 1 unspecified atom stereocenters. The first kappa shape index (κ1) is 18.4. The number of benzene rings is 1. The first-order valence-electron chi connectivity index (χ1n) is 8.04. The summed E-state index contributed by atoms with van der Waals surface area (Å²) in [5.41, 5.74) is 0.668. The summed E-state index contributed by atoms with van der Waals surface area (Å²) < 4.78 is 36.4. The maximum Gasteiger partial charge on any atom is 0.220 e. The Balaban J connectivity index is 2.03. The first-order chi connectivity index (χ1) is 12.2. The maximum absolute atomic E-state index is 12.8. The van der Waals surface area contributed by atoms with Crippen LogP contribution in [0.1, 0.15) is 27.9 Å². The molecule has 9 heteroatoms. The lowest BCUT2D eigenvalue weighted by atomic mass is 10.00. The number of nitrogens with zero attached hydrogens (tertiary/aromatic N) is 2. The molecule has 26 heavy (non-hydrogen) atoms. The Morgan fingerprint density at radius 1 is 1.42 bits per heavy atom. The van der Waals surface area contributed by atoms with Crippen LogP contribution in [-0.2, 0) is 21.6 Å². The third-order valence-corrected chi connectivity index (χ3v) is 5.49. The van der Waals surface area contributed by atoms with Crippen LogP contribution in [0.5, 0.6) is 11.6 Å². The predicted octanol–water partition coefficient (Wildman–Crippen LogP) is 1.24. The first-order valence-corrected chi connectivity index (χ1v) is 9.93. The molecule has 0 saturated carbocycles. The average molecular weight is 380 g/mol. The van der Waals surface area contributed by atoms with Crippen molar-refractivity contribution in [3.63, 3.8) is 0 Å². The van der Waals surface area contributed by atoms with Gasteiger partial charge in [0.1, 0.15) is 22.8 Å². The topological polar surface area (TPSA) is 108 Å². The van der Waals surface area contributed by atoms with Gasteiger partial charge in [-0.1, -0.05) is 0 Å². The zero-order valence-corrected chi connectivity index (χ0v) is 15.5. The molecule has 0 spiro atoms. The van der Waals surface area contributed by atoms with Crippen LogP contribution >= 0.6 is 0 Å². The van der Waals surface area contributed by atoms with Gasteiger partial charge >= 0.3 is 0 Å². The van der Waals surface area contributed by atoms with Crippen LogP contribution in [-0.4, -0.2) is 54.7 Å². The lowest BCUT2D eigenvalue weighted by Gasteiger charge is -2.27. The standard InChI is InChI=1S/C17H20N2O6S/c1-10-12(15(20)13-8-18-19(2)17(13)21)4-5-14(26(3,22)23)16(10)25-9-11-6-7-24-11/h4-5,8,11,21H,6-7,9H2,1-3H3. The van der Waals surface area contributed by atoms with Crippen molar-refractivity contribution in [2.75, 3.05) is 19.5 Å². The van der Waals surface area contributed by atoms with Gasteiger partial charge in [0.05, 0.1) is 12.3 Å². The highest BCUT2D eigenvalue weighted by Gasteiger charge is 2.26. The third kappa shape index (κ3) is 3.32. The van der Waals surface area contributed by atoms with Crippen molar-refractivity contribution in [3.8, 4) is 11.6 Å². The van der Waals surface area contributed by atoms with Crippen molar-refractivity contribution in [3.05, 3.63) is 35.0 Å². The number of ketones is 1. The van der Waals surface area contributed by atoms with Gasteiger partial charge in [0.2, 0.25) is 5.88 Å². The molecule has 8 nitrogen and oxygen atoms in total. The van der Waals surface area contributed by atoms with Crippen molar-refractivity contribution >= 4 is 15.6 Å². The molecular formula is C17H20N2O6S. The van der Waals surface area contributed by atoms with Gasteiger partial charge in [0.25, 0.3) is 0 Å². The molecule has 2 aromatic rings. The Morgan fingerprint density at radius 3 is 2.62 bits per heavy atom. The minimum absolute atomic E-state index is 0.0151. The third-order valence-electron chi connectivity index (χ3n) is 4.37. The Kier molecular flexibility index (Phi) is 4.76. The van der Waals surface area contributed by atoms with E-state index >= 15 is 0 Å². The van der Waals surface area contributed by atoms with Gasteiger partial charge in [0, 0.05) is 37.5 Å². The second kappa shape index (κ2) is 6.73. The van der Waals surface area contributed by atoms with Gasteiger partial charge in [-0.05, 0) is 19.1 Å². The van der Waals surface area contributed by atoms with Crippen molar-refractivity contribution in [1.82, 2.24) is 9.78 Å². The molecule has 140 valence electrons. The SMILES string of the molecule is Cc1c(C(=O)c2cnn(C)c2O)ccc(S(C)(=O)=O)c1OCC1CCO1. The molecule has 1 aromatic carbocycles. The molecule has 2 heterocycles. The summed E-state index contributed by atoms with van der Waals surface area (Å²) in [6, 6.07) is 2.77. The minimum atomic E-state index is -3.55. The number of hydrogen-bond acceptors (Lipinski definition) is 7. The molecule has 0 aliphatic carbocycles. The van der Waals surface area contributed by atoms with E-state index in [2.05, 4.69) is 5.10 Å². The number of hydrogen-bond donors (Lipinski definition) is 1. The van der Waals surface area contributed by atoms with E-state index in [-0.39, 0.29) is 40.4 Å². The Labute approximate surface area is 151 Å².